The second-order valence-electron chi connectivity index (χ2n) is 7.86. The molecule has 1 aliphatic carbocycles. The van der Waals surface area contributed by atoms with Gasteiger partial charge in [0.05, 0.1) is 11.9 Å². The predicted molar refractivity (Wildman–Crippen MR) is 109 cm³/mol. The highest BCUT2D eigenvalue weighted by molar-refractivity contribution is 5.92. The van der Waals surface area contributed by atoms with Crippen LogP contribution >= 0.6 is 0 Å². The largest absolute Gasteiger partial charge is 0.512 e. The molecule has 0 aromatic heterocycles. The Morgan fingerprint density at radius 2 is 2.00 bits per heavy atom. The number of hydrogen-bond donors (Lipinski definition) is 2. The van der Waals surface area contributed by atoms with E-state index < -0.39 is 17.5 Å². The summed E-state index contributed by atoms with van der Waals surface area (Å²) in [5, 5.41) is 10.1. The summed E-state index contributed by atoms with van der Waals surface area (Å²) in [5.74, 6) is 0.278. The normalized spacial score (nSPS) is 22.9. The maximum atomic E-state index is 12.0. The Morgan fingerprint density at radius 1 is 1.31 bits per heavy atom. The van der Waals surface area contributed by atoms with Gasteiger partial charge in [0.1, 0.15) is 17.1 Å². The van der Waals surface area contributed by atoms with Crippen LogP contribution in [-0.4, -0.2) is 35.0 Å². The minimum Gasteiger partial charge on any atom is -0.512 e. The molecule has 1 amide bonds. The maximum absolute atomic E-state index is 12.0. The molecule has 1 fully saturated rings. The van der Waals surface area contributed by atoms with Gasteiger partial charge in [0.15, 0.2) is 6.61 Å². The summed E-state index contributed by atoms with van der Waals surface area (Å²) in [6, 6.07) is 7.46. The fraction of sp³-hybridized carbons (Fsp3) is 0.500. The first kappa shape index (κ1) is 20.9. The first-order valence-electron chi connectivity index (χ1n) is 10.0. The number of aliphatic hydroxyl groups excluding tert-OH is 1. The lowest BCUT2D eigenvalue weighted by Gasteiger charge is -2.40. The van der Waals surface area contributed by atoms with E-state index in [1.165, 1.54) is 6.08 Å². The third-order valence-electron chi connectivity index (χ3n) is 5.59. The Balaban J connectivity index is 1.61. The van der Waals surface area contributed by atoms with Gasteiger partial charge in [-0.1, -0.05) is 25.0 Å². The standard InChI is InChI=1S/C22H28N2O5/c1-15(23)24-20(26)14-28-19-8-6-16(7-9-19)10-11-22(17-4-2-3-5-17)13-18(25)12-21(27)29-22/h6-9,12,17,25H,2-5,10-11,13-14H2,1H3,(H2,23,24,26). The summed E-state index contributed by atoms with van der Waals surface area (Å²) in [6.07, 6.45) is 7.24. The lowest BCUT2D eigenvalue weighted by atomic mass is 9.77. The molecular formula is C22H28N2O5. The number of ether oxygens (including phenoxy) is 2. The number of carbonyl (C=O) groups is 2. The van der Waals surface area contributed by atoms with E-state index in [-0.39, 0.29) is 24.1 Å². The van der Waals surface area contributed by atoms with Crippen LogP contribution in [0.5, 0.6) is 5.75 Å². The summed E-state index contributed by atoms with van der Waals surface area (Å²) in [4.78, 5) is 27.1. The van der Waals surface area contributed by atoms with Gasteiger partial charge < -0.3 is 20.3 Å². The zero-order valence-corrected chi connectivity index (χ0v) is 16.7. The number of aliphatic imine (C=N–C) groups is 1. The topological polar surface area (TPSA) is 111 Å². The van der Waals surface area contributed by atoms with Crippen LogP contribution in [0, 0.1) is 5.92 Å². The number of amides is 1. The van der Waals surface area contributed by atoms with Crippen molar-refractivity contribution in [2.24, 2.45) is 16.6 Å². The molecule has 0 saturated heterocycles. The Kier molecular flexibility index (Phi) is 6.56. The molecule has 2 aliphatic rings. The van der Waals surface area contributed by atoms with Crippen molar-refractivity contribution in [2.45, 2.75) is 57.5 Å². The van der Waals surface area contributed by atoms with Crippen molar-refractivity contribution in [3.05, 3.63) is 41.7 Å². The molecular weight excluding hydrogens is 372 g/mol. The molecule has 1 unspecified atom stereocenters. The molecule has 7 heteroatoms. The van der Waals surface area contributed by atoms with Gasteiger partial charge in [0, 0.05) is 6.42 Å². The van der Waals surface area contributed by atoms with Crippen molar-refractivity contribution in [3.8, 4) is 5.75 Å². The molecule has 7 nitrogen and oxygen atoms in total. The molecule has 1 heterocycles. The van der Waals surface area contributed by atoms with Gasteiger partial charge in [0.25, 0.3) is 5.91 Å². The third kappa shape index (κ3) is 5.59. The van der Waals surface area contributed by atoms with Crippen LogP contribution in [0.25, 0.3) is 0 Å². The second kappa shape index (κ2) is 9.11. The van der Waals surface area contributed by atoms with Crippen LogP contribution in [0.15, 0.2) is 41.1 Å². The lowest BCUT2D eigenvalue weighted by molar-refractivity contribution is -0.165. The van der Waals surface area contributed by atoms with E-state index in [2.05, 4.69) is 4.99 Å². The fourth-order valence-corrected chi connectivity index (χ4v) is 4.26. The number of cyclic esters (lactones) is 1. The molecule has 3 rings (SSSR count). The zero-order valence-electron chi connectivity index (χ0n) is 16.7. The maximum Gasteiger partial charge on any atom is 0.334 e. The van der Waals surface area contributed by atoms with Crippen molar-refractivity contribution in [2.75, 3.05) is 6.61 Å². The van der Waals surface area contributed by atoms with E-state index in [0.29, 0.717) is 25.0 Å². The molecule has 156 valence electrons. The first-order chi connectivity index (χ1) is 13.9. The van der Waals surface area contributed by atoms with Crippen LogP contribution in [0.2, 0.25) is 0 Å². The number of hydrogen-bond acceptors (Lipinski definition) is 5. The summed E-state index contributed by atoms with van der Waals surface area (Å²) in [6.45, 7) is 1.38. The zero-order chi connectivity index (χ0) is 20.9. The molecule has 0 radical (unpaired) electrons. The average molecular weight is 400 g/mol. The van der Waals surface area contributed by atoms with Crippen LogP contribution < -0.4 is 10.5 Å². The Morgan fingerprint density at radius 3 is 2.62 bits per heavy atom. The summed E-state index contributed by atoms with van der Waals surface area (Å²) in [5.41, 5.74) is 5.81. The third-order valence-corrected chi connectivity index (χ3v) is 5.59. The molecule has 1 aromatic rings. The number of amidine groups is 1. The van der Waals surface area contributed by atoms with E-state index in [1.54, 1.807) is 19.1 Å². The quantitative estimate of drug-likeness (QED) is 0.413. The molecule has 29 heavy (non-hydrogen) atoms. The number of aliphatic hydroxyl groups is 1. The average Bonchev–Trinajstić information content (AvgIpc) is 3.20. The van der Waals surface area contributed by atoms with Gasteiger partial charge in [-0.2, -0.15) is 4.99 Å². The monoisotopic (exact) mass is 400 g/mol. The predicted octanol–water partition coefficient (Wildman–Crippen LogP) is 3.22. The molecule has 1 saturated carbocycles. The van der Waals surface area contributed by atoms with Crippen LogP contribution in [0.4, 0.5) is 0 Å². The molecule has 1 aliphatic heterocycles. The van der Waals surface area contributed by atoms with E-state index in [1.807, 2.05) is 12.1 Å². The van der Waals surface area contributed by atoms with E-state index in [4.69, 9.17) is 15.2 Å². The van der Waals surface area contributed by atoms with Gasteiger partial charge in [-0.25, -0.2) is 4.79 Å². The van der Waals surface area contributed by atoms with Crippen molar-refractivity contribution in [3.63, 3.8) is 0 Å². The Hall–Kier alpha value is -2.83. The smallest absolute Gasteiger partial charge is 0.334 e. The summed E-state index contributed by atoms with van der Waals surface area (Å²) < 4.78 is 11.2. The number of esters is 1. The molecule has 1 aromatic carbocycles. The fourth-order valence-electron chi connectivity index (χ4n) is 4.26. The minimum absolute atomic E-state index is 0.108. The van der Waals surface area contributed by atoms with Gasteiger partial charge in [-0.15, -0.1) is 0 Å². The van der Waals surface area contributed by atoms with Gasteiger partial charge in [-0.3, -0.25) is 4.79 Å². The van der Waals surface area contributed by atoms with Crippen LogP contribution in [0.3, 0.4) is 0 Å². The minimum atomic E-state index is -0.633. The Labute approximate surface area is 170 Å². The van der Waals surface area contributed by atoms with Crippen LogP contribution in [0.1, 0.15) is 51.0 Å². The van der Waals surface area contributed by atoms with Gasteiger partial charge in [-0.05, 0) is 56.2 Å². The van der Waals surface area contributed by atoms with Crippen molar-refractivity contribution in [1.82, 2.24) is 0 Å². The molecule has 0 bridgehead atoms. The van der Waals surface area contributed by atoms with Gasteiger partial charge in [0.2, 0.25) is 0 Å². The van der Waals surface area contributed by atoms with Crippen molar-refractivity contribution >= 4 is 17.7 Å². The highest BCUT2D eigenvalue weighted by Gasteiger charge is 2.45. The first-order valence-corrected chi connectivity index (χ1v) is 10.0. The number of nitrogens with two attached hydrogens (primary N) is 1. The Bertz CT molecular complexity index is 805. The lowest BCUT2D eigenvalue weighted by Crippen LogP contribution is -2.44. The summed E-state index contributed by atoms with van der Waals surface area (Å²) in [7, 11) is 0. The van der Waals surface area contributed by atoms with Crippen molar-refractivity contribution in [1.29, 1.82) is 0 Å². The van der Waals surface area contributed by atoms with Crippen LogP contribution in [-0.2, 0) is 20.7 Å². The molecule has 1 atom stereocenters. The van der Waals surface area contributed by atoms with E-state index >= 15 is 0 Å². The summed E-state index contributed by atoms with van der Waals surface area (Å²) >= 11 is 0. The number of nitrogens with zero attached hydrogens (tertiary/aromatic N) is 1. The number of aryl methyl sites for hydroxylation is 1. The highest BCUT2D eigenvalue weighted by atomic mass is 16.6. The SMILES string of the molecule is CC(N)=NC(=O)COc1ccc(CCC2(C3CCCC3)CC(O)=CC(=O)O2)cc1. The number of carbonyl (C=O) groups excluding carboxylic acids is 2. The number of rotatable bonds is 7. The van der Waals surface area contributed by atoms with E-state index in [9.17, 15) is 14.7 Å². The molecule has 0 spiro atoms. The molecule has 3 N–H and O–H groups in total. The van der Waals surface area contributed by atoms with E-state index in [0.717, 1.165) is 31.2 Å². The highest BCUT2D eigenvalue weighted by Crippen LogP contribution is 2.44. The van der Waals surface area contributed by atoms with Crippen molar-refractivity contribution < 1.29 is 24.2 Å². The number of benzene rings is 1. The van der Waals surface area contributed by atoms with Gasteiger partial charge >= 0.3 is 5.97 Å². The second-order valence-corrected chi connectivity index (χ2v) is 7.86.